The van der Waals surface area contributed by atoms with Crippen LogP contribution in [-0.2, 0) is 11.2 Å². The lowest BCUT2D eigenvalue weighted by Crippen LogP contribution is -2.25. The number of fused-ring (bicyclic) bond motifs is 1. The van der Waals surface area contributed by atoms with Crippen LogP contribution in [0.25, 0.3) is 11.3 Å². The van der Waals surface area contributed by atoms with Gasteiger partial charge < -0.3 is 19.8 Å². The van der Waals surface area contributed by atoms with Crippen LogP contribution < -0.4 is 14.8 Å². The van der Waals surface area contributed by atoms with Crippen molar-refractivity contribution < 1.29 is 18.7 Å². The molecule has 35 heavy (non-hydrogen) atoms. The summed E-state index contributed by atoms with van der Waals surface area (Å²) >= 11 is 0. The number of carbonyl (C=O) groups is 1. The molecule has 0 saturated heterocycles. The third kappa shape index (κ3) is 4.47. The molecule has 7 nitrogen and oxygen atoms in total. The van der Waals surface area contributed by atoms with E-state index in [0.29, 0.717) is 18.1 Å². The van der Waals surface area contributed by atoms with E-state index in [4.69, 9.17) is 14.5 Å². The van der Waals surface area contributed by atoms with Crippen molar-refractivity contribution in [2.75, 3.05) is 11.9 Å². The van der Waals surface area contributed by atoms with E-state index in [1.54, 1.807) is 12.1 Å². The molecule has 8 heteroatoms. The number of hydrogen-bond donors (Lipinski definition) is 2. The summed E-state index contributed by atoms with van der Waals surface area (Å²) in [4.78, 5) is 24.2. The fourth-order valence-corrected chi connectivity index (χ4v) is 4.16. The molecule has 1 saturated carbocycles. The van der Waals surface area contributed by atoms with Crippen LogP contribution in [0.5, 0.6) is 17.2 Å². The minimum absolute atomic E-state index is 0.0911. The number of amides is 1. The average molecular weight is 471 g/mol. The van der Waals surface area contributed by atoms with Crippen molar-refractivity contribution in [3.8, 4) is 28.5 Å². The summed E-state index contributed by atoms with van der Waals surface area (Å²) in [5, 5.41) is 2.52. The Bertz CT molecular complexity index is 1380. The Balaban J connectivity index is 1.16. The van der Waals surface area contributed by atoms with Crippen molar-refractivity contribution in [2.24, 2.45) is 0 Å². The number of anilines is 1. The summed E-state index contributed by atoms with van der Waals surface area (Å²) in [6, 6.07) is 19.0. The van der Waals surface area contributed by atoms with E-state index >= 15 is 0 Å². The topological polar surface area (TPSA) is 89.1 Å². The first kappa shape index (κ1) is 21.3. The number of alkyl halides is 1. The van der Waals surface area contributed by atoms with Gasteiger partial charge in [0, 0.05) is 24.0 Å². The molecule has 0 spiro atoms. The molecule has 1 fully saturated rings. The monoisotopic (exact) mass is 470 g/mol. The first-order valence-electron chi connectivity index (χ1n) is 11.6. The van der Waals surface area contributed by atoms with Gasteiger partial charge in [-0.1, -0.05) is 30.3 Å². The molecule has 4 aromatic rings. The standard InChI is InChI=1S/C27H23FN4O3/c28-27(9-10-27)26(33)32-24-14-21(8-11-29-24)35-20-6-7-23-18(13-20)12-19(16-34-23)25-30-15-22(31-25)17-4-2-1-3-5-17/h1-8,11,13-15,19H,9-10,12,16H2,(H,30,31)(H,29,32,33). The lowest BCUT2D eigenvalue weighted by Gasteiger charge is -2.24. The lowest BCUT2D eigenvalue weighted by molar-refractivity contribution is -0.122. The predicted molar refractivity (Wildman–Crippen MR) is 128 cm³/mol. The molecule has 2 aromatic heterocycles. The van der Waals surface area contributed by atoms with Crippen LogP contribution >= 0.6 is 0 Å². The van der Waals surface area contributed by atoms with Gasteiger partial charge in [-0.2, -0.15) is 0 Å². The second-order valence-electron chi connectivity index (χ2n) is 8.92. The Labute approximate surface area is 201 Å². The molecule has 2 aliphatic rings. The summed E-state index contributed by atoms with van der Waals surface area (Å²) in [5.41, 5.74) is 1.23. The number of carbonyl (C=O) groups excluding carboxylic acids is 1. The second kappa shape index (κ2) is 8.54. The zero-order chi connectivity index (χ0) is 23.8. The summed E-state index contributed by atoms with van der Waals surface area (Å²) < 4.78 is 25.9. The van der Waals surface area contributed by atoms with Gasteiger partial charge in [0.15, 0.2) is 5.67 Å². The summed E-state index contributed by atoms with van der Waals surface area (Å²) in [5.74, 6) is 2.52. The summed E-state index contributed by atoms with van der Waals surface area (Å²) in [6.45, 7) is 0.540. The molecule has 3 heterocycles. The summed E-state index contributed by atoms with van der Waals surface area (Å²) in [6.07, 6.45) is 4.69. The van der Waals surface area contributed by atoms with Gasteiger partial charge in [0.05, 0.1) is 18.2 Å². The van der Waals surface area contributed by atoms with Crippen LogP contribution in [0.2, 0.25) is 0 Å². The van der Waals surface area contributed by atoms with E-state index in [2.05, 4.69) is 15.3 Å². The third-order valence-electron chi connectivity index (χ3n) is 6.30. The van der Waals surface area contributed by atoms with Gasteiger partial charge in [-0.3, -0.25) is 4.79 Å². The van der Waals surface area contributed by atoms with Crippen molar-refractivity contribution in [1.82, 2.24) is 15.0 Å². The zero-order valence-corrected chi connectivity index (χ0v) is 18.8. The Kier molecular flexibility index (Phi) is 5.21. The van der Waals surface area contributed by atoms with E-state index in [1.165, 1.54) is 6.20 Å². The number of ether oxygens (including phenoxy) is 2. The minimum Gasteiger partial charge on any atom is -0.493 e. The first-order chi connectivity index (χ1) is 17.1. The molecule has 0 radical (unpaired) electrons. The second-order valence-corrected chi connectivity index (χ2v) is 8.92. The SMILES string of the molecule is O=C(Nc1cc(Oc2ccc3c(c2)CC(c2nc(-c4ccccc4)c[nH]2)CO3)ccn1)C1(F)CC1. The van der Waals surface area contributed by atoms with Gasteiger partial charge in [-0.15, -0.1) is 0 Å². The van der Waals surface area contributed by atoms with Crippen LogP contribution in [0, 0.1) is 0 Å². The van der Waals surface area contributed by atoms with Gasteiger partial charge in [-0.25, -0.2) is 14.4 Å². The highest BCUT2D eigenvalue weighted by atomic mass is 19.1. The Hall–Kier alpha value is -4.20. The van der Waals surface area contributed by atoms with Crippen molar-refractivity contribution in [3.63, 3.8) is 0 Å². The molecule has 1 amide bonds. The highest BCUT2D eigenvalue weighted by Gasteiger charge is 2.51. The largest absolute Gasteiger partial charge is 0.493 e. The zero-order valence-electron chi connectivity index (χ0n) is 18.8. The van der Waals surface area contributed by atoms with Gasteiger partial charge >= 0.3 is 0 Å². The van der Waals surface area contributed by atoms with Crippen LogP contribution in [-0.4, -0.2) is 33.1 Å². The van der Waals surface area contributed by atoms with E-state index < -0.39 is 11.6 Å². The van der Waals surface area contributed by atoms with Gasteiger partial charge in [-0.05, 0) is 49.1 Å². The number of nitrogens with zero attached hydrogens (tertiary/aromatic N) is 2. The molecule has 1 atom stereocenters. The Morgan fingerprint density at radius 2 is 1.94 bits per heavy atom. The Morgan fingerprint density at radius 1 is 1.11 bits per heavy atom. The van der Waals surface area contributed by atoms with E-state index in [9.17, 15) is 9.18 Å². The van der Waals surface area contributed by atoms with E-state index in [0.717, 1.165) is 34.8 Å². The van der Waals surface area contributed by atoms with Crippen molar-refractivity contribution in [2.45, 2.75) is 30.8 Å². The molecular formula is C27H23FN4O3. The number of halogens is 1. The van der Waals surface area contributed by atoms with Gasteiger partial charge in [0.1, 0.15) is 28.9 Å². The van der Waals surface area contributed by atoms with Gasteiger partial charge in [0.2, 0.25) is 0 Å². The maximum Gasteiger partial charge on any atom is 0.263 e. The third-order valence-corrected chi connectivity index (χ3v) is 6.30. The molecule has 176 valence electrons. The number of nitrogens with one attached hydrogen (secondary N) is 2. The van der Waals surface area contributed by atoms with E-state index in [1.807, 2.05) is 54.7 Å². The smallest absolute Gasteiger partial charge is 0.263 e. The lowest BCUT2D eigenvalue weighted by atomic mass is 9.96. The van der Waals surface area contributed by atoms with Crippen molar-refractivity contribution in [3.05, 3.63) is 84.4 Å². The van der Waals surface area contributed by atoms with E-state index in [-0.39, 0.29) is 24.6 Å². The van der Waals surface area contributed by atoms with Crippen LogP contribution in [0.4, 0.5) is 10.2 Å². The maximum atomic E-state index is 13.9. The van der Waals surface area contributed by atoms with Crippen molar-refractivity contribution >= 4 is 11.7 Å². The number of benzene rings is 2. The highest BCUT2D eigenvalue weighted by Crippen LogP contribution is 2.41. The molecule has 1 unspecified atom stereocenters. The number of aromatic amines is 1. The maximum absolute atomic E-state index is 13.9. The number of aromatic nitrogens is 3. The minimum atomic E-state index is -1.76. The number of pyridine rings is 1. The molecule has 6 rings (SSSR count). The molecule has 2 N–H and O–H groups in total. The first-order valence-corrected chi connectivity index (χ1v) is 11.6. The molecule has 2 aromatic carbocycles. The van der Waals surface area contributed by atoms with Crippen LogP contribution in [0.1, 0.15) is 30.1 Å². The molecule has 1 aliphatic heterocycles. The van der Waals surface area contributed by atoms with Gasteiger partial charge in [0.25, 0.3) is 5.91 Å². The van der Waals surface area contributed by atoms with Crippen LogP contribution in [0.3, 0.4) is 0 Å². The number of imidazole rings is 1. The molecule has 0 bridgehead atoms. The normalized spacial score (nSPS) is 17.7. The molecule has 1 aliphatic carbocycles. The quantitative estimate of drug-likeness (QED) is 0.393. The number of H-pyrrole nitrogens is 1. The van der Waals surface area contributed by atoms with Crippen LogP contribution in [0.15, 0.2) is 73.1 Å². The highest BCUT2D eigenvalue weighted by molar-refractivity contribution is 5.98. The fraction of sp³-hybridized carbons (Fsp3) is 0.222. The molecular weight excluding hydrogens is 447 g/mol. The summed E-state index contributed by atoms with van der Waals surface area (Å²) in [7, 11) is 0. The number of hydrogen-bond acceptors (Lipinski definition) is 5. The fourth-order valence-electron chi connectivity index (χ4n) is 4.16. The van der Waals surface area contributed by atoms with Crippen molar-refractivity contribution in [1.29, 1.82) is 0 Å². The Morgan fingerprint density at radius 3 is 2.77 bits per heavy atom. The number of rotatable bonds is 6. The predicted octanol–water partition coefficient (Wildman–Crippen LogP) is 5.42. The average Bonchev–Trinajstić information content (AvgIpc) is 3.45.